The fraction of sp³-hybridized carbons (Fsp3) is 0.769. The van der Waals surface area contributed by atoms with Crippen LogP contribution >= 0.6 is 0 Å². The quantitative estimate of drug-likeness (QED) is 0.265. The maximum absolute atomic E-state index is 11.2. The Kier molecular flexibility index (Phi) is 6.63. The summed E-state index contributed by atoms with van der Waals surface area (Å²) in [5.74, 6) is -5.97. The molecule has 24 heavy (non-hydrogen) atoms. The molecule has 11 heteroatoms. The summed E-state index contributed by atoms with van der Waals surface area (Å²) in [5.41, 5.74) is 0. The molecule has 0 aliphatic carbocycles. The van der Waals surface area contributed by atoms with Crippen molar-refractivity contribution in [3.8, 4) is 0 Å². The number of hydrogen-bond donors (Lipinski definition) is 6. The molecule has 0 aromatic heterocycles. The van der Waals surface area contributed by atoms with Crippen LogP contribution in [0.15, 0.2) is 0 Å². The molecular formula is C13H21NO10. The average Bonchev–Trinajstić information content (AvgIpc) is 2.46. The maximum Gasteiger partial charge on any atom is 0.364 e. The van der Waals surface area contributed by atoms with Crippen LogP contribution in [0, 0.1) is 0 Å². The van der Waals surface area contributed by atoms with E-state index >= 15 is 0 Å². The van der Waals surface area contributed by atoms with Crippen molar-refractivity contribution in [2.75, 3.05) is 6.61 Å². The van der Waals surface area contributed by atoms with Crippen LogP contribution in [0.4, 0.5) is 0 Å². The standard InChI is InChI=1S/C13H21NO10/c1-5(15)14-9-7(17)3-13(22,12(20)21)24-11(9)10(19)8(18)4-23-6(2)16/h7-11,17-19,22H,3-4H2,1-2H3,(H,14,15)(H,20,21)/t7-,8?,9+,10?,11+,13-/m0/s1. The highest BCUT2D eigenvalue weighted by atomic mass is 16.7. The van der Waals surface area contributed by atoms with Gasteiger partial charge in [-0.25, -0.2) is 4.79 Å². The van der Waals surface area contributed by atoms with E-state index < -0.39 is 67.1 Å². The van der Waals surface area contributed by atoms with Gasteiger partial charge in [0, 0.05) is 20.3 Å². The summed E-state index contributed by atoms with van der Waals surface area (Å²) in [6, 6.07) is -1.30. The Morgan fingerprint density at radius 1 is 1.33 bits per heavy atom. The lowest BCUT2D eigenvalue weighted by molar-refractivity contribution is -0.295. The second-order valence-electron chi connectivity index (χ2n) is 5.53. The van der Waals surface area contributed by atoms with Crippen molar-refractivity contribution in [3.05, 3.63) is 0 Å². The van der Waals surface area contributed by atoms with Gasteiger partial charge in [0.25, 0.3) is 5.79 Å². The topological polar surface area (TPSA) is 183 Å². The van der Waals surface area contributed by atoms with Crippen molar-refractivity contribution in [3.63, 3.8) is 0 Å². The minimum atomic E-state index is -2.82. The molecule has 6 atom stereocenters. The molecule has 1 aliphatic rings. The molecule has 0 radical (unpaired) electrons. The molecule has 0 bridgehead atoms. The van der Waals surface area contributed by atoms with Gasteiger partial charge in [-0.3, -0.25) is 9.59 Å². The predicted molar refractivity (Wildman–Crippen MR) is 74.3 cm³/mol. The Morgan fingerprint density at radius 3 is 2.38 bits per heavy atom. The Hall–Kier alpha value is -1.79. The van der Waals surface area contributed by atoms with Crippen LogP contribution in [-0.4, -0.2) is 86.2 Å². The highest BCUT2D eigenvalue weighted by Gasteiger charge is 2.53. The second kappa shape index (κ2) is 7.85. The number of aliphatic carboxylic acids is 1. The average molecular weight is 351 g/mol. The summed E-state index contributed by atoms with van der Waals surface area (Å²) in [4.78, 5) is 33.1. The van der Waals surface area contributed by atoms with Crippen molar-refractivity contribution in [2.24, 2.45) is 0 Å². The summed E-state index contributed by atoms with van der Waals surface area (Å²) < 4.78 is 9.46. The molecule has 6 N–H and O–H groups in total. The van der Waals surface area contributed by atoms with E-state index in [0.717, 1.165) is 13.8 Å². The van der Waals surface area contributed by atoms with Crippen molar-refractivity contribution in [2.45, 2.75) is 56.5 Å². The molecule has 1 saturated heterocycles. The Labute approximate surface area is 136 Å². The number of aliphatic hydroxyl groups is 4. The van der Waals surface area contributed by atoms with E-state index in [0.29, 0.717) is 0 Å². The van der Waals surface area contributed by atoms with E-state index in [1.807, 2.05) is 0 Å². The monoisotopic (exact) mass is 351 g/mol. The molecule has 1 rings (SSSR count). The van der Waals surface area contributed by atoms with E-state index in [4.69, 9.17) is 9.84 Å². The molecule has 0 spiro atoms. The first kappa shape index (κ1) is 20.3. The number of rotatable bonds is 6. The fourth-order valence-corrected chi connectivity index (χ4v) is 2.33. The van der Waals surface area contributed by atoms with Crippen LogP contribution in [0.25, 0.3) is 0 Å². The molecule has 1 amide bonds. The Bertz CT molecular complexity index is 497. The summed E-state index contributed by atoms with van der Waals surface area (Å²) in [5, 5.41) is 51.2. The van der Waals surface area contributed by atoms with Crippen molar-refractivity contribution in [1.82, 2.24) is 5.32 Å². The van der Waals surface area contributed by atoms with Crippen molar-refractivity contribution < 1.29 is 49.4 Å². The van der Waals surface area contributed by atoms with Gasteiger partial charge < -0.3 is 40.3 Å². The Balaban J connectivity index is 3.01. The van der Waals surface area contributed by atoms with Gasteiger partial charge in [-0.15, -0.1) is 0 Å². The third-order valence-corrected chi connectivity index (χ3v) is 3.48. The van der Waals surface area contributed by atoms with E-state index in [1.165, 1.54) is 0 Å². The third kappa shape index (κ3) is 4.85. The van der Waals surface area contributed by atoms with E-state index in [1.54, 1.807) is 0 Å². The maximum atomic E-state index is 11.2. The zero-order chi connectivity index (χ0) is 18.7. The number of carbonyl (C=O) groups excluding carboxylic acids is 2. The van der Waals surface area contributed by atoms with Gasteiger partial charge in [0.2, 0.25) is 5.91 Å². The summed E-state index contributed by atoms with van der Waals surface area (Å²) in [6.07, 6.45) is -7.61. The number of aliphatic hydroxyl groups excluding tert-OH is 3. The van der Waals surface area contributed by atoms with Gasteiger partial charge in [-0.05, 0) is 0 Å². The first-order valence-corrected chi connectivity index (χ1v) is 7.06. The van der Waals surface area contributed by atoms with Crippen LogP contribution in [0.3, 0.4) is 0 Å². The number of carboxylic acids is 1. The highest BCUT2D eigenvalue weighted by molar-refractivity contribution is 5.76. The van der Waals surface area contributed by atoms with Crippen molar-refractivity contribution >= 4 is 17.8 Å². The number of hydrogen-bond acceptors (Lipinski definition) is 9. The minimum Gasteiger partial charge on any atom is -0.477 e. The lowest BCUT2D eigenvalue weighted by Gasteiger charge is -2.44. The molecule has 0 aromatic carbocycles. The van der Waals surface area contributed by atoms with Crippen LogP contribution in [-0.2, 0) is 23.9 Å². The van der Waals surface area contributed by atoms with Crippen molar-refractivity contribution in [1.29, 1.82) is 0 Å². The highest BCUT2D eigenvalue weighted by Crippen LogP contribution is 2.30. The predicted octanol–water partition coefficient (Wildman–Crippen LogP) is -3.30. The third-order valence-electron chi connectivity index (χ3n) is 3.48. The number of carbonyl (C=O) groups is 3. The van der Waals surface area contributed by atoms with Crippen LogP contribution in [0.2, 0.25) is 0 Å². The van der Waals surface area contributed by atoms with Crippen LogP contribution in [0.1, 0.15) is 20.3 Å². The van der Waals surface area contributed by atoms with E-state index in [-0.39, 0.29) is 0 Å². The number of nitrogens with one attached hydrogen (secondary N) is 1. The molecular weight excluding hydrogens is 330 g/mol. The summed E-state index contributed by atoms with van der Waals surface area (Å²) in [7, 11) is 0. The lowest BCUT2D eigenvalue weighted by Crippen LogP contribution is -2.67. The summed E-state index contributed by atoms with van der Waals surface area (Å²) in [6.45, 7) is 1.55. The van der Waals surface area contributed by atoms with Gasteiger partial charge in [0.15, 0.2) is 0 Å². The molecule has 0 saturated carbocycles. The van der Waals surface area contributed by atoms with Gasteiger partial charge in [-0.1, -0.05) is 0 Å². The molecule has 0 aromatic rings. The zero-order valence-electron chi connectivity index (χ0n) is 13.1. The van der Waals surface area contributed by atoms with Gasteiger partial charge in [0.1, 0.15) is 24.9 Å². The molecule has 1 aliphatic heterocycles. The molecule has 1 heterocycles. The second-order valence-corrected chi connectivity index (χ2v) is 5.53. The SMILES string of the molecule is CC(=O)N[C@@H]1[C@@H](O)C[C@@](O)(C(=O)O)O[C@H]1C(O)C(O)COC(C)=O. The number of carboxylic acid groups (broad SMARTS) is 1. The van der Waals surface area contributed by atoms with E-state index in [9.17, 15) is 34.8 Å². The van der Waals surface area contributed by atoms with E-state index in [2.05, 4.69) is 10.1 Å². The lowest BCUT2D eigenvalue weighted by atomic mass is 9.88. The summed E-state index contributed by atoms with van der Waals surface area (Å²) >= 11 is 0. The first-order valence-electron chi connectivity index (χ1n) is 7.06. The number of ether oxygens (including phenoxy) is 2. The van der Waals surface area contributed by atoms with Gasteiger partial charge >= 0.3 is 11.9 Å². The number of amides is 1. The molecule has 2 unspecified atom stereocenters. The minimum absolute atomic E-state index is 0.616. The largest absolute Gasteiger partial charge is 0.477 e. The zero-order valence-corrected chi connectivity index (χ0v) is 13.1. The normalized spacial score (nSPS) is 32.5. The molecule has 138 valence electrons. The van der Waals surface area contributed by atoms with Gasteiger partial charge in [0.05, 0.1) is 12.1 Å². The Morgan fingerprint density at radius 2 is 1.92 bits per heavy atom. The smallest absolute Gasteiger partial charge is 0.364 e. The first-order chi connectivity index (χ1) is 11.0. The number of esters is 1. The molecule has 11 nitrogen and oxygen atoms in total. The van der Waals surface area contributed by atoms with Crippen LogP contribution < -0.4 is 5.32 Å². The van der Waals surface area contributed by atoms with Gasteiger partial charge in [-0.2, -0.15) is 0 Å². The fourth-order valence-electron chi connectivity index (χ4n) is 2.33. The van der Waals surface area contributed by atoms with Crippen LogP contribution in [0.5, 0.6) is 0 Å². The molecule has 1 fully saturated rings.